The molecule has 0 radical (unpaired) electrons. The molecule has 0 aromatic heterocycles. The minimum absolute atomic E-state index is 0.179. The molecule has 2 unspecified atom stereocenters. The zero-order valence-electron chi connectivity index (χ0n) is 50.9. The van der Waals surface area contributed by atoms with Crippen LogP contribution in [0.3, 0.4) is 0 Å². The van der Waals surface area contributed by atoms with E-state index in [4.69, 9.17) is 18.9 Å². The molecule has 446 valence electrons. The van der Waals surface area contributed by atoms with Gasteiger partial charge in [-0.3, -0.25) is 9.59 Å². The maximum Gasteiger partial charge on any atom is 0.361 e. The van der Waals surface area contributed by atoms with Crippen LogP contribution in [0.15, 0.2) is 72.9 Å². The second kappa shape index (κ2) is 58.9. The molecule has 0 aliphatic carbocycles. The first-order valence-corrected chi connectivity index (χ1v) is 32.1. The van der Waals surface area contributed by atoms with Gasteiger partial charge in [-0.05, 0) is 83.5 Å². The largest absolute Gasteiger partial charge is 0.477 e. The quantitative estimate of drug-likeness (QED) is 0.0211. The first kappa shape index (κ1) is 73.7. The molecule has 0 aromatic carbocycles. The van der Waals surface area contributed by atoms with Gasteiger partial charge in [0.2, 0.25) is 0 Å². The molecule has 77 heavy (non-hydrogen) atoms. The number of allylic oxidation sites excluding steroid dienone is 12. The number of likely N-dealkylation sites (N-methyl/N-ethyl adjacent to an activating group) is 1. The summed E-state index contributed by atoms with van der Waals surface area (Å²) in [6, 6.07) is 0. The SMILES string of the molecule is CC/C=C\C/C=C\C/C=C\C/C=C\C/C=C\CCCCCC(=O)OC(COC(=O)CCCCCCCCCCCCCCCCCCCCCCC/C=C\CCCCCCCCCC)COC(OCC[N+](C)(C)C)C(=O)O. The van der Waals surface area contributed by atoms with Crippen molar-refractivity contribution >= 4 is 17.9 Å². The molecule has 0 bridgehead atoms. The van der Waals surface area contributed by atoms with Crippen LogP contribution in [0.2, 0.25) is 0 Å². The molecule has 9 nitrogen and oxygen atoms in total. The summed E-state index contributed by atoms with van der Waals surface area (Å²) in [5, 5.41) is 9.71. The van der Waals surface area contributed by atoms with E-state index in [0.29, 0.717) is 23.9 Å². The first-order chi connectivity index (χ1) is 37.6. The van der Waals surface area contributed by atoms with Gasteiger partial charge in [0.25, 0.3) is 6.29 Å². The Morgan fingerprint density at radius 1 is 0.403 bits per heavy atom. The van der Waals surface area contributed by atoms with Crippen molar-refractivity contribution in [3.63, 3.8) is 0 Å². The fraction of sp³-hybridized carbons (Fsp3) is 0.779. The number of esters is 2. The molecule has 0 saturated carbocycles. The lowest BCUT2D eigenvalue weighted by molar-refractivity contribution is -0.870. The maximum atomic E-state index is 12.9. The lowest BCUT2D eigenvalue weighted by Crippen LogP contribution is -2.40. The number of carboxylic acids is 1. The van der Waals surface area contributed by atoms with E-state index in [0.717, 1.165) is 70.6 Å². The molecule has 0 amide bonds. The van der Waals surface area contributed by atoms with Crippen LogP contribution in [-0.4, -0.2) is 87.4 Å². The monoisotopic (exact) mass is 1080 g/mol. The Labute approximate surface area is 475 Å². The lowest BCUT2D eigenvalue weighted by atomic mass is 10.0. The molecule has 0 aliphatic heterocycles. The number of unbranched alkanes of at least 4 members (excludes halogenated alkanes) is 32. The number of quaternary nitrogens is 1. The summed E-state index contributed by atoms with van der Waals surface area (Å²) < 4.78 is 22.9. The van der Waals surface area contributed by atoms with Gasteiger partial charge in [0.05, 0.1) is 34.4 Å². The second-order valence-electron chi connectivity index (χ2n) is 22.7. The molecule has 0 heterocycles. The molecule has 0 aliphatic rings. The van der Waals surface area contributed by atoms with Gasteiger partial charge in [-0.1, -0.05) is 260 Å². The normalized spacial score (nSPS) is 13.2. The molecule has 0 spiro atoms. The highest BCUT2D eigenvalue weighted by Gasteiger charge is 2.25. The summed E-state index contributed by atoms with van der Waals surface area (Å²) in [6.45, 7) is 4.75. The number of carbonyl (C=O) groups excluding carboxylic acids is 2. The molecule has 2 atom stereocenters. The number of rotatable bonds is 59. The highest BCUT2D eigenvalue weighted by atomic mass is 16.7. The van der Waals surface area contributed by atoms with Gasteiger partial charge in [0, 0.05) is 12.8 Å². The highest BCUT2D eigenvalue weighted by molar-refractivity contribution is 5.71. The summed E-state index contributed by atoms with van der Waals surface area (Å²) in [6.07, 6.45) is 74.5. The second-order valence-corrected chi connectivity index (χ2v) is 22.7. The summed E-state index contributed by atoms with van der Waals surface area (Å²) in [5.41, 5.74) is 0. The van der Waals surface area contributed by atoms with E-state index >= 15 is 0 Å². The van der Waals surface area contributed by atoms with Crippen LogP contribution >= 0.6 is 0 Å². The molecule has 0 rings (SSSR count). The number of ether oxygens (including phenoxy) is 4. The Morgan fingerprint density at radius 3 is 1.13 bits per heavy atom. The zero-order chi connectivity index (χ0) is 56.2. The summed E-state index contributed by atoms with van der Waals surface area (Å²) in [7, 11) is 5.96. The van der Waals surface area contributed by atoms with Gasteiger partial charge in [-0.15, -0.1) is 0 Å². The third-order valence-corrected chi connectivity index (χ3v) is 13.9. The average Bonchev–Trinajstić information content (AvgIpc) is 3.40. The Kier molecular flexibility index (Phi) is 56.4. The molecule has 0 fully saturated rings. The first-order valence-electron chi connectivity index (χ1n) is 32.1. The summed E-state index contributed by atoms with van der Waals surface area (Å²) >= 11 is 0. The number of aliphatic carboxylic acids is 1. The molecular formula is C68H122NO8+. The van der Waals surface area contributed by atoms with Gasteiger partial charge in [0.1, 0.15) is 13.2 Å². The van der Waals surface area contributed by atoms with E-state index in [1.165, 1.54) is 180 Å². The Balaban J connectivity index is 4.11. The van der Waals surface area contributed by atoms with Crippen molar-refractivity contribution in [2.24, 2.45) is 0 Å². The van der Waals surface area contributed by atoms with Crippen molar-refractivity contribution in [1.29, 1.82) is 0 Å². The third kappa shape index (κ3) is 60.2. The number of carbonyl (C=O) groups is 3. The lowest BCUT2D eigenvalue weighted by Gasteiger charge is -2.25. The van der Waals surface area contributed by atoms with Crippen LogP contribution in [0.4, 0.5) is 0 Å². The van der Waals surface area contributed by atoms with Crippen molar-refractivity contribution < 1.29 is 42.9 Å². The Hall–Kier alpha value is -3.27. The molecule has 1 N–H and O–H groups in total. The van der Waals surface area contributed by atoms with E-state index in [-0.39, 0.29) is 32.2 Å². The van der Waals surface area contributed by atoms with Crippen LogP contribution in [0.5, 0.6) is 0 Å². The summed E-state index contributed by atoms with van der Waals surface area (Å²) in [4.78, 5) is 37.5. The van der Waals surface area contributed by atoms with E-state index in [9.17, 15) is 19.5 Å². The highest BCUT2D eigenvalue weighted by Crippen LogP contribution is 2.17. The Bertz CT molecular complexity index is 1490. The fourth-order valence-electron chi connectivity index (χ4n) is 9.04. The number of hydrogen-bond acceptors (Lipinski definition) is 7. The van der Waals surface area contributed by atoms with E-state index in [1.807, 2.05) is 21.1 Å². The minimum atomic E-state index is -1.52. The number of hydrogen-bond donors (Lipinski definition) is 1. The van der Waals surface area contributed by atoms with Crippen molar-refractivity contribution in [3.8, 4) is 0 Å². The minimum Gasteiger partial charge on any atom is -0.477 e. The van der Waals surface area contributed by atoms with Crippen LogP contribution < -0.4 is 0 Å². The van der Waals surface area contributed by atoms with Crippen molar-refractivity contribution in [1.82, 2.24) is 0 Å². The average molecular weight is 1080 g/mol. The predicted molar refractivity (Wildman–Crippen MR) is 327 cm³/mol. The maximum absolute atomic E-state index is 12.9. The predicted octanol–water partition coefficient (Wildman–Crippen LogP) is 19.4. The van der Waals surface area contributed by atoms with Gasteiger partial charge in [-0.2, -0.15) is 0 Å². The van der Waals surface area contributed by atoms with E-state index in [2.05, 4.69) is 86.8 Å². The van der Waals surface area contributed by atoms with Crippen LogP contribution in [0, 0.1) is 0 Å². The number of nitrogens with zero attached hydrogens (tertiary/aromatic N) is 1. The van der Waals surface area contributed by atoms with E-state index in [1.54, 1.807) is 0 Å². The van der Waals surface area contributed by atoms with Crippen LogP contribution in [-0.2, 0) is 33.3 Å². The van der Waals surface area contributed by atoms with Gasteiger partial charge in [0.15, 0.2) is 6.10 Å². The van der Waals surface area contributed by atoms with Gasteiger partial charge in [-0.25, -0.2) is 4.79 Å². The molecule has 0 aromatic rings. The number of carboxylic acid groups (broad SMARTS) is 1. The van der Waals surface area contributed by atoms with Crippen molar-refractivity contribution in [2.75, 3.05) is 47.5 Å². The topological polar surface area (TPSA) is 108 Å². The van der Waals surface area contributed by atoms with Gasteiger partial charge < -0.3 is 28.5 Å². The van der Waals surface area contributed by atoms with Gasteiger partial charge >= 0.3 is 17.9 Å². The van der Waals surface area contributed by atoms with Crippen molar-refractivity contribution in [3.05, 3.63) is 72.9 Å². The van der Waals surface area contributed by atoms with Crippen LogP contribution in [0.1, 0.15) is 284 Å². The molecule has 9 heteroatoms. The fourth-order valence-corrected chi connectivity index (χ4v) is 9.04. The Morgan fingerprint density at radius 2 is 0.740 bits per heavy atom. The summed E-state index contributed by atoms with van der Waals surface area (Å²) in [5.74, 6) is -2.04. The third-order valence-electron chi connectivity index (χ3n) is 13.9. The smallest absolute Gasteiger partial charge is 0.361 e. The zero-order valence-corrected chi connectivity index (χ0v) is 50.9. The van der Waals surface area contributed by atoms with Crippen LogP contribution in [0.25, 0.3) is 0 Å². The molecular weight excluding hydrogens is 959 g/mol. The van der Waals surface area contributed by atoms with Crippen molar-refractivity contribution in [2.45, 2.75) is 296 Å². The standard InChI is InChI=1S/C68H121NO8/c1-6-8-10-12-14-16-18-20-22-24-26-27-28-29-30-31-32-33-34-35-36-37-38-39-41-42-44-46-48-50-52-54-56-58-65(70)75-62-64(63-76-68(67(72)73)74-61-60-69(3,4)5)77-66(71)59-57-55-53-51-49-47-45-43-40-25-23-21-19-17-15-13-11-9-7-2/h9,11,15,17,21,23-24,26,40,43,47,49,64,68H,6-8,10,12-14,16,18-20,22,25,27-39,41-42,44-46,48,50-63H2,1-5H3/p+1/b11-9-,17-15-,23-21-,26-24-,43-40-,49-47-. The molecule has 0 saturated heterocycles. The van der Waals surface area contributed by atoms with E-state index < -0.39 is 24.3 Å².